The minimum absolute atomic E-state index is 0.283. The van der Waals surface area contributed by atoms with Gasteiger partial charge in [-0.1, -0.05) is 37.3 Å². The molecule has 33 heavy (non-hydrogen) atoms. The number of carbonyl (C=O) groups is 1. The maximum absolute atomic E-state index is 12.5. The Morgan fingerprint density at radius 1 is 1.00 bits per heavy atom. The number of nitrogens with zero attached hydrogens (tertiary/aromatic N) is 1. The van der Waals surface area contributed by atoms with Gasteiger partial charge in [0.15, 0.2) is 17.7 Å². The Morgan fingerprint density at radius 2 is 1.76 bits per heavy atom. The van der Waals surface area contributed by atoms with E-state index in [0.29, 0.717) is 25.0 Å². The van der Waals surface area contributed by atoms with E-state index < -0.39 is 5.97 Å². The van der Waals surface area contributed by atoms with Crippen molar-refractivity contribution in [3.63, 3.8) is 0 Å². The lowest BCUT2D eigenvalue weighted by molar-refractivity contribution is -0.671. The zero-order valence-electron chi connectivity index (χ0n) is 19.0. The molecular formula is C27H27NO4P+. The monoisotopic (exact) mass is 460 g/mol. The second kappa shape index (κ2) is 10.4. The highest BCUT2D eigenvalue weighted by atomic mass is 31.0. The fourth-order valence-electron chi connectivity index (χ4n) is 3.78. The molecule has 4 aromatic rings. The number of aromatic nitrogens is 1. The third-order valence-corrected chi connectivity index (χ3v) is 6.41. The number of ether oxygens (including phenoxy) is 3. The van der Waals surface area contributed by atoms with E-state index in [1.807, 2.05) is 30.1 Å². The van der Waals surface area contributed by atoms with Crippen molar-refractivity contribution in [1.29, 1.82) is 0 Å². The second-order valence-corrected chi connectivity index (χ2v) is 8.70. The number of hydrogen-bond acceptors (Lipinski definition) is 4. The van der Waals surface area contributed by atoms with Crippen molar-refractivity contribution in [3.05, 3.63) is 83.0 Å². The van der Waals surface area contributed by atoms with Crippen LogP contribution in [-0.4, -0.2) is 20.2 Å². The first-order chi connectivity index (χ1) is 16.1. The van der Waals surface area contributed by atoms with Crippen molar-refractivity contribution in [1.82, 2.24) is 0 Å². The van der Waals surface area contributed by atoms with Crippen molar-refractivity contribution in [2.24, 2.45) is 0 Å². The quantitative estimate of drug-likeness (QED) is 0.185. The summed E-state index contributed by atoms with van der Waals surface area (Å²) in [6, 6.07) is 17.8. The van der Waals surface area contributed by atoms with Gasteiger partial charge in [-0.2, -0.15) is 4.57 Å². The normalized spacial score (nSPS) is 11.4. The van der Waals surface area contributed by atoms with Crippen LogP contribution in [0.5, 0.6) is 17.2 Å². The van der Waals surface area contributed by atoms with E-state index in [1.165, 1.54) is 10.9 Å². The summed E-state index contributed by atoms with van der Waals surface area (Å²) in [5.74, 6) is 2.71. The predicted octanol–water partition coefficient (Wildman–Crippen LogP) is 5.98. The van der Waals surface area contributed by atoms with Crippen molar-refractivity contribution < 1.29 is 23.6 Å². The Hall–Kier alpha value is -3.56. The van der Waals surface area contributed by atoms with Crippen molar-refractivity contribution in [2.75, 3.05) is 14.2 Å². The molecule has 0 amide bonds. The number of aryl methyl sites for hydroxylation is 1. The molecule has 0 aliphatic rings. The van der Waals surface area contributed by atoms with Crippen LogP contribution in [0.1, 0.15) is 34.6 Å². The Balaban J connectivity index is 1.68. The molecule has 0 fully saturated rings. The standard InChI is InChI=1S/C27H27NO4P/c1-4-14-28-15-13-20(21-8-5-6-9-22(21)28)12-11-19-17-23(30-2)26(24(18-19)31-3)32-27(29)25-10-7-16-33-25/h5-13,15-18,33H,4,14H2,1-3H3/q+1. The van der Waals surface area contributed by atoms with E-state index in [0.717, 1.165) is 24.1 Å². The van der Waals surface area contributed by atoms with Crippen LogP contribution in [0.3, 0.4) is 0 Å². The summed E-state index contributed by atoms with van der Waals surface area (Å²) >= 11 is 0. The number of fused-ring (bicyclic) bond motifs is 1. The zero-order chi connectivity index (χ0) is 23.2. The number of esters is 1. The fourth-order valence-corrected chi connectivity index (χ4v) is 4.51. The van der Waals surface area contributed by atoms with Gasteiger partial charge in [0.2, 0.25) is 11.3 Å². The van der Waals surface area contributed by atoms with Gasteiger partial charge in [-0.3, -0.25) is 0 Å². The number of para-hydroxylation sites is 1. The summed E-state index contributed by atoms with van der Waals surface area (Å²) in [7, 11) is 3.41. The maximum atomic E-state index is 12.5. The van der Waals surface area contributed by atoms with Gasteiger partial charge in [-0.25, -0.2) is 4.79 Å². The number of benzene rings is 2. The summed E-state index contributed by atoms with van der Waals surface area (Å²) < 4.78 is 19.0. The SMILES string of the molecule is CCC[n+]1ccc(C=Cc2cc(OC)c(OC(=O)c3ccc[pH]3)c(OC)c2)c2ccccc21. The Labute approximate surface area is 195 Å². The molecule has 6 heteroatoms. The van der Waals surface area contributed by atoms with Gasteiger partial charge >= 0.3 is 5.97 Å². The van der Waals surface area contributed by atoms with Gasteiger partial charge < -0.3 is 14.2 Å². The summed E-state index contributed by atoms with van der Waals surface area (Å²) in [6.45, 7) is 3.16. The second-order valence-electron chi connectivity index (χ2n) is 7.54. The predicted molar refractivity (Wildman–Crippen MR) is 134 cm³/mol. The lowest BCUT2D eigenvalue weighted by atomic mass is 10.1. The molecule has 4 rings (SSSR count). The van der Waals surface area contributed by atoms with Crippen LogP contribution in [0.4, 0.5) is 0 Å². The average Bonchev–Trinajstić information content (AvgIpc) is 3.39. The van der Waals surface area contributed by atoms with Crippen LogP contribution in [0.15, 0.2) is 66.6 Å². The highest BCUT2D eigenvalue weighted by Gasteiger charge is 2.19. The molecule has 0 saturated carbocycles. The molecular weight excluding hydrogens is 433 g/mol. The first kappa shape index (κ1) is 22.6. The fraction of sp³-hybridized carbons (Fsp3) is 0.185. The van der Waals surface area contributed by atoms with E-state index in [1.54, 1.807) is 20.3 Å². The molecule has 1 atom stereocenters. The third kappa shape index (κ3) is 4.94. The van der Waals surface area contributed by atoms with E-state index in [2.05, 4.69) is 54.1 Å². The molecule has 2 aromatic heterocycles. The maximum Gasteiger partial charge on any atom is 0.347 e. The zero-order valence-corrected chi connectivity index (χ0v) is 20.0. The lowest BCUT2D eigenvalue weighted by Crippen LogP contribution is -2.33. The highest BCUT2D eigenvalue weighted by molar-refractivity contribution is 7.31. The van der Waals surface area contributed by atoms with Gasteiger partial charge in [0.25, 0.3) is 0 Å². The van der Waals surface area contributed by atoms with Crippen LogP contribution in [0.2, 0.25) is 0 Å². The number of pyridine rings is 1. The molecule has 1 unspecified atom stereocenters. The number of hydrogen-bond donors (Lipinski definition) is 0. The first-order valence-corrected chi connectivity index (χ1v) is 11.9. The topological polar surface area (TPSA) is 48.6 Å². The van der Waals surface area contributed by atoms with Crippen molar-refractivity contribution in [3.8, 4) is 17.2 Å². The van der Waals surface area contributed by atoms with Gasteiger partial charge in [0.05, 0.1) is 24.9 Å². The summed E-state index contributed by atoms with van der Waals surface area (Å²) in [4.78, 5) is 12.5. The molecule has 0 bridgehead atoms. The lowest BCUT2D eigenvalue weighted by Gasteiger charge is -2.14. The van der Waals surface area contributed by atoms with Crippen LogP contribution in [-0.2, 0) is 6.54 Å². The minimum Gasteiger partial charge on any atom is -0.493 e. The van der Waals surface area contributed by atoms with Gasteiger partial charge in [-0.05, 0) is 41.2 Å². The number of rotatable bonds is 8. The number of methoxy groups -OCH3 is 2. The van der Waals surface area contributed by atoms with E-state index in [-0.39, 0.29) is 5.75 Å². The Bertz CT molecular complexity index is 1270. The van der Waals surface area contributed by atoms with Crippen LogP contribution in [0.25, 0.3) is 23.1 Å². The molecule has 5 nitrogen and oxygen atoms in total. The van der Waals surface area contributed by atoms with Crippen molar-refractivity contribution in [2.45, 2.75) is 19.9 Å². The summed E-state index contributed by atoms with van der Waals surface area (Å²) in [5, 5.41) is 1.81. The molecule has 0 spiro atoms. The highest BCUT2D eigenvalue weighted by Crippen LogP contribution is 2.40. The molecule has 0 N–H and O–H groups in total. The molecule has 0 aliphatic carbocycles. The molecule has 0 aliphatic heterocycles. The van der Waals surface area contributed by atoms with Crippen LogP contribution in [0, 0.1) is 0 Å². The van der Waals surface area contributed by atoms with Gasteiger partial charge in [0.1, 0.15) is 6.54 Å². The molecule has 2 aromatic carbocycles. The van der Waals surface area contributed by atoms with E-state index >= 15 is 0 Å². The van der Waals surface area contributed by atoms with Crippen LogP contribution < -0.4 is 18.8 Å². The van der Waals surface area contributed by atoms with E-state index in [9.17, 15) is 4.79 Å². The summed E-state index contributed by atoms with van der Waals surface area (Å²) in [6.07, 6.45) is 7.29. The number of carbonyl (C=O) groups excluding carboxylic acids is 1. The van der Waals surface area contributed by atoms with Gasteiger partial charge in [0, 0.05) is 18.6 Å². The largest absolute Gasteiger partial charge is 0.493 e. The molecule has 2 heterocycles. The smallest absolute Gasteiger partial charge is 0.347 e. The average molecular weight is 460 g/mol. The molecule has 0 radical (unpaired) electrons. The van der Waals surface area contributed by atoms with Crippen molar-refractivity contribution >= 4 is 37.2 Å². The van der Waals surface area contributed by atoms with Crippen LogP contribution >= 0.6 is 8.19 Å². The minimum atomic E-state index is -0.394. The molecule has 168 valence electrons. The summed E-state index contributed by atoms with van der Waals surface area (Å²) in [5.41, 5.74) is 3.20. The first-order valence-electron chi connectivity index (χ1n) is 10.9. The third-order valence-electron chi connectivity index (χ3n) is 5.37. The van der Waals surface area contributed by atoms with E-state index in [4.69, 9.17) is 14.2 Å². The Morgan fingerprint density at radius 3 is 2.42 bits per heavy atom. The molecule has 0 saturated heterocycles. The van der Waals surface area contributed by atoms with Gasteiger partial charge in [-0.15, -0.1) is 8.19 Å². The Kier molecular flexibility index (Phi) is 7.11.